The summed E-state index contributed by atoms with van der Waals surface area (Å²) >= 11 is 5.48. The number of fused-ring (bicyclic) bond motifs is 1. The Balaban J connectivity index is 0.000000845. The van der Waals surface area contributed by atoms with Crippen LogP contribution in [0, 0.1) is 0 Å². The summed E-state index contributed by atoms with van der Waals surface area (Å²) in [4.78, 5) is 1.58. The minimum Gasteiger partial charge on any atom is -0.317 e. The lowest BCUT2D eigenvalue weighted by atomic mass is 9.95. The third-order valence-corrected chi connectivity index (χ3v) is 4.61. The van der Waals surface area contributed by atoms with E-state index >= 15 is 0 Å². The molecular formula is C9H13BrClNS. The molecule has 1 aliphatic carbocycles. The maximum Gasteiger partial charge on any atom is 0.0317 e. The number of thiophene rings is 1. The Hall–Kier alpha value is 0.430. The lowest BCUT2D eigenvalue weighted by Gasteiger charge is -2.21. The predicted molar refractivity (Wildman–Crippen MR) is 64.1 cm³/mol. The summed E-state index contributed by atoms with van der Waals surface area (Å²) in [6.07, 6.45) is 3.73. The molecule has 1 aromatic rings. The summed E-state index contributed by atoms with van der Waals surface area (Å²) in [5, 5.41) is 5.56. The van der Waals surface area contributed by atoms with Crippen LogP contribution in [0.15, 0.2) is 9.85 Å². The molecule has 0 amide bonds. The van der Waals surface area contributed by atoms with Crippen molar-refractivity contribution in [3.05, 3.63) is 20.3 Å². The average molecular weight is 283 g/mol. The molecule has 1 atom stereocenters. The van der Waals surface area contributed by atoms with Crippen molar-refractivity contribution >= 4 is 39.7 Å². The molecule has 1 unspecified atom stereocenters. The third-order valence-electron chi connectivity index (χ3n) is 2.51. The molecule has 2 rings (SSSR count). The van der Waals surface area contributed by atoms with Crippen LogP contribution in [-0.4, -0.2) is 13.1 Å². The van der Waals surface area contributed by atoms with Gasteiger partial charge in [0.2, 0.25) is 0 Å². The Morgan fingerprint density at radius 3 is 3.08 bits per heavy atom. The second-order valence-electron chi connectivity index (χ2n) is 3.21. The van der Waals surface area contributed by atoms with E-state index in [0.717, 1.165) is 0 Å². The highest BCUT2D eigenvalue weighted by Gasteiger charge is 2.20. The lowest BCUT2D eigenvalue weighted by Crippen LogP contribution is -2.30. The summed E-state index contributed by atoms with van der Waals surface area (Å²) in [5.41, 5.74) is 1.53. The predicted octanol–water partition coefficient (Wildman–Crippen LogP) is 3.01. The van der Waals surface area contributed by atoms with Crippen LogP contribution in [0.3, 0.4) is 0 Å². The standard InChI is InChI=1S/C9H12BrNS.ClH/c1-11-6-2-3-9-7(4-6)8(10)5-12-9;/h5-6,11H,2-4H2,1H3;1H. The highest BCUT2D eigenvalue weighted by Crippen LogP contribution is 2.33. The minimum absolute atomic E-state index is 0. The van der Waals surface area contributed by atoms with Gasteiger partial charge in [-0.3, -0.25) is 0 Å². The molecular weight excluding hydrogens is 270 g/mol. The van der Waals surface area contributed by atoms with Gasteiger partial charge >= 0.3 is 0 Å². The molecule has 0 saturated carbocycles. The van der Waals surface area contributed by atoms with E-state index in [1.807, 2.05) is 11.3 Å². The molecule has 1 N–H and O–H groups in total. The maximum atomic E-state index is 3.59. The molecule has 0 aromatic carbocycles. The van der Waals surface area contributed by atoms with Gasteiger partial charge in [0.1, 0.15) is 0 Å². The molecule has 1 aromatic heterocycles. The number of rotatable bonds is 1. The smallest absolute Gasteiger partial charge is 0.0317 e. The minimum atomic E-state index is 0. The van der Waals surface area contributed by atoms with Crippen molar-refractivity contribution in [3.8, 4) is 0 Å². The SMILES string of the molecule is CNC1CCc2scc(Br)c2C1.Cl. The van der Waals surface area contributed by atoms with E-state index in [1.165, 1.54) is 29.3 Å². The number of hydrogen-bond acceptors (Lipinski definition) is 2. The van der Waals surface area contributed by atoms with Crippen molar-refractivity contribution in [2.45, 2.75) is 25.3 Å². The third kappa shape index (κ3) is 2.27. The maximum absolute atomic E-state index is 3.59. The van der Waals surface area contributed by atoms with Crippen LogP contribution in [0.5, 0.6) is 0 Å². The highest BCUT2D eigenvalue weighted by atomic mass is 79.9. The molecule has 0 saturated heterocycles. The topological polar surface area (TPSA) is 12.0 Å². The van der Waals surface area contributed by atoms with Crippen LogP contribution in [0.2, 0.25) is 0 Å². The van der Waals surface area contributed by atoms with Gasteiger partial charge < -0.3 is 5.32 Å². The quantitative estimate of drug-likeness (QED) is 0.835. The first kappa shape index (κ1) is 11.5. The summed E-state index contributed by atoms with van der Waals surface area (Å²) in [5.74, 6) is 0. The van der Waals surface area contributed by atoms with Crippen molar-refractivity contribution in [1.29, 1.82) is 0 Å². The van der Waals surface area contributed by atoms with E-state index < -0.39 is 0 Å². The molecule has 1 heterocycles. The monoisotopic (exact) mass is 281 g/mol. The van der Waals surface area contributed by atoms with E-state index in [1.54, 1.807) is 4.88 Å². The van der Waals surface area contributed by atoms with Crippen LogP contribution in [0.1, 0.15) is 16.9 Å². The van der Waals surface area contributed by atoms with Crippen LogP contribution in [-0.2, 0) is 12.8 Å². The Labute approximate surface area is 97.5 Å². The summed E-state index contributed by atoms with van der Waals surface area (Å²) in [6.45, 7) is 0. The van der Waals surface area contributed by atoms with Crippen LogP contribution >= 0.6 is 39.7 Å². The van der Waals surface area contributed by atoms with E-state index in [0.29, 0.717) is 6.04 Å². The highest BCUT2D eigenvalue weighted by molar-refractivity contribution is 9.10. The fourth-order valence-electron chi connectivity index (χ4n) is 1.72. The normalized spacial score (nSPS) is 20.6. The van der Waals surface area contributed by atoms with Crippen molar-refractivity contribution in [1.82, 2.24) is 5.32 Å². The summed E-state index contributed by atoms with van der Waals surface area (Å²) in [6, 6.07) is 0.684. The van der Waals surface area contributed by atoms with E-state index in [4.69, 9.17) is 0 Å². The zero-order chi connectivity index (χ0) is 8.55. The molecule has 4 heteroatoms. The number of halogens is 2. The zero-order valence-electron chi connectivity index (χ0n) is 7.47. The van der Waals surface area contributed by atoms with Crippen molar-refractivity contribution < 1.29 is 0 Å². The second-order valence-corrected chi connectivity index (χ2v) is 5.03. The van der Waals surface area contributed by atoms with Gasteiger partial charge in [-0.1, -0.05) is 0 Å². The number of hydrogen-bond donors (Lipinski definition) is 1. The number of likely N-dealkylation sites (N-methyl/N-ethyl adjacent to an activating group) is 1. The molecule has 0 fully saturated rings. The Morgan fingerprint density at radius 2 is 2.38 bits per heavy atom. The Morgan fingerprint density at radius 1 is 1.62 bits per heavy atom. The van der Waals surface area contributed by atoms with Gasteiger partial charge in [-0.2, -0.15) is 0 Å². The molecule has 0 radical (unpaired) electrons. The van der Waals surface area contributed by atoms with Crippen LogP contribution in [0.25, 0.3) is 0 Å². The molecule has 1 aliphatic rings. The molecule has 1 nitrogen and oxygen atoms in total. The summed E-state index contributed by atoms with van der Waals surface area (Å²) < 4.78 is 1.31. The molecule has 13 heavy (non-hydrogen) atoms. The van der Waals surface area contributed by atoms with Gasteiger partial charge in [0.05, 0.1) is 0 Å². The van der Waals surface area contributed by atoms with Crippen LogP contribution < -0.4 is 5.32 Å². The van der Waals surface area contributed by atoms with Gasteiger partial charge in [0, 0.05) is 20.8 Å². The lowest BCUT2D eigenvalue weighted by molar-refractivity contribution is 0.500. The zero-order valence-corrected chi connectivity index (χ0v) is 10.7. The molecule has 0 bridgehead atoms. The van der Waals surface area contributed by atoms with Crippen LogP contribution in [0.4, 0.5) is 0 Å². The van der Waals surface area contributed by atoms with Gasteiger partial charge in [-0.25, -0.2) is 0 Å². The van der Waals surface area contributed by atoms with Crippen molar-refractivity contribution in [2.75, 3.05) is 7.05 Å². The molecule has 0 aliphatic heterocycles. The largest absolute Gasteiger partial charge is 0.317 e. The van der Waals surface area contributed by atoms with Crippen molar-refractivity contribution in [3.63, 3.8) is 0 Å². The fraction of sp³-hybridized carbons (Fsp3) is 0.556. The molecule has 74 valence electrons. The number of nitrogens with one attached hydrogen (secondary N) is 1. The van der Waals surface area contributed by atoms with Gasteiger partial charge in [-0.05, 0) is 47.8 Å². The Bertz CT molecular complexity index is 287. The van der Waals surface area contributed by atoms with E-state index in [9.17, 15) is 0 Å². The first-order valence-electron chi connectivity index (χ1n) is 4.23. The van der Waals surface area contributed by atoms with Gasteiger partial charge in [0.15, 0.2) is 0 Å². The fourth-order valence-corrected chi connectivity index (χ4v) is 3.49. The first-order chi connectivity index (χ1) is 5.81. The van der Waals surface area contributed by atoms with Gasteiger partial charge in [0.25, 0.3) is 0 Å². The van der Waals surface area contributed by atoms with Gasteiger partial charge in [-0.15, -0.1) is 23.7 Å². The average Bonchev–Trinajstić information content (AvgIpc) is 2.47. The second kappa shape index (κ2) is 4.78. The molecule has 0 spiro atoms. The van der Waals surface area contributed by atoms with Crippen molar-refractivity contribution in [2.24, 2.45) is 0 Å². The first-order valence-corrected chi connectivity index (χ1v) is 5.90. The number of aryl methyl sites for hydroxylation is 1. The summed E-state index contributed by atoms with van der Waals surface area (Å²) in [7, 11) is 2.05. The Kier molecular flexibility index (Phi) is 4.23. The van der Waals surface area contributed by atoms with E-state index in [2.05, 4.69) is 33.7 Å². The van der Waals surface area contributed by atoms with E-state index in [-0.39, 0.29) is 12.4 Å².